The van der Waals surface area contributed by atoms with Crippen LogP contribution >= 0.6 is 15.9 Å². The zero-order chi connectivity index (χ0) is 18.4. The highest BCUT2D eigenvalue weighted by atomic mass is 79.9. The molecule has 0 saturated carbocycles. The molecule has 26 heavy (non-hydrogen) atoms. The molecule has 2 aromatic rings. The van der Waals surface area contributed by atoms with Gasteiger partial charge in [-0.1, -0.05) is 71.7 Å². The highest BCUT2D eigenvalue weighted by molar-refractivity contribution is 9.10. The van der Waals surface area contributed by atoms with E-state index >= 15 is 0 Å². The summed E-state index contributed by atoms with van der Waals surface area (Å²) in [6.07, 6.45) is 1.61. The monoisotopic (exact) mass is 417 g/mol. The molecule has 138 valence electrons. The van der Waals surface area contributed by atoms with Gasteiger partial charge in [0.2, 0.25) is 0 Å². The zero-order valence-electron chi connectivity index (χ0n) is 14.9. The minimum atomic E-state index is -0.275. The fourth-order valence-electron chi connectivity index (χ4n) is 3.30. The van der Waals surface area contributed by atoms with Crippen molar-refractivity contribution in [3.63, 3.8) is 0 Å². The maximum atomic E-state index is 12.9. The van der Waals surface area contributed by atoms with Crippen LogP contribution in [-0.4, -0.2) is 30.2 Å². The second-order valence-corrected chi connectivity index (χ2v) is 7.41. The fourth-order valence-corrected chi connectivity index (χ4v) is 3.56. The van der Waals surface area contributed by atoms with E-state index in [2.05, 4.69) is 22.9 Å². The van der Waals surface area contributed by atoms with Gasteiger partial charge >= 0.3 is 6.09 Å². The van der Waals surface area contributed by atoms with Crippen LogP contribution in [0.2, 0.25) is 0 Å². The van der Waals surface area contributed by atoms with Gasteiger partial charge < -0.3 is 9.47 Å². The summed E-state index contributed by atoms with van der Waals surface area (Å²) in [6.45, 7) is 3.45. The average Bonchev–Trinajstić information content (AvgIpc) is 2.68. The predicted molar refractivity (Wildman–Crippen MR) is 105 cm³/mol. The summed E-state index contributed by atoms with van der Waals surface area (Å²) >= 11 is 3.46. The molecule has 5 heteroatoms. The van der Waals surface area contributed by atoms with Crippen molar-refractivity contribution in [2.24, 2.45) is 0 Å². The quantitative estimate of drug-likeness (QED) is 0.659. The standard InChI is InChI=1S/C21H24BrNO3/c1-2-6-19-14-25-15-20(17-9-11-18(22)12-10-17)23(19)21(24)26-13-16-7-4-3-5-8-16/h3-5,7-12,19-20H,2,6,13-15H2,1H3/t19-,20-/m0/s1. The molecule has 0 aromatic heterocycles. The minimum absolute atomic E-state index is 0.0330. The number of halogens is 1. The number of rotatable bonds is 5. The third kappa shape index (κ3) is 4.65. The van der Waals surface area contributed by atoms with Gasteiger partial charge in [-0.2, -0.15) is 0 Å². The molecule has 1 aliphatic rings. The van der Waals surface area contributed by atoms with E-state index in [0.29, 0.717) is 13.2 Å². The number of hydrogen-bond donors (Lipinski definition) is 0. The minimum Gasteiger partial charge on any atom is -0.445 e. The van der Waals surface area contributed by atoms with Crippen LogP contribution in [0.3, 0.4) is 0 Å². The van der Waals surface area contributed by atoms with Crippen LogP contribution in [0.4, 0.5) is 4.79 Å². The SMILES string of the molecule is CCC[C@H]1COC[C@@H](c2ccc(Br)cc2)N1C(=O)OCc1ccccc1. The molecule has 4 nitrogen and oxygen atoms in total. The van der Waals surface area contributed by atoms with E-state index in [0.717, 1.165) is 28.4 Å². The van der Waals surface area contributed by atoms with Crippen LogP contribution < -0.4 is 0 Å². The van der Waals surface area contributed by atoms with Crippen LogP contribution in [0.25, 0.3) is 0 Å². The van der Waals surface area contributed by atoms with Gasteiger partial charge in [0.05, 0.1) is 25.3 Å². The molecule has 3 rings (SSSR count). The van der Waals surface area contributed by atoms with Gasteiger partial charge in [0.1, 0.15) is 6.61 Å². The number of carbonyl (C=O) groups is 1. The summed E-state index contributed by atoms with van der Waals surface area (Å²) in [5.41, 5.74) is 2.05. The Morgan fingerprint density at radius 2 is 1.88 bits per heavy atom. The third-order valence-electron chi connectivity index (χ3n) is 4.61. The van der Waals surface area contributed by atoms with Gasteiger partial charge in [0.25, 0.3) is 0 Å². The van der Waals surface area contributed by atoms with E-state index in [-0.39, 0.29) is 24.8 Å². The van der Waals surface area contributed by atoms with Crippen molar-refractivity contribution in [2.75, 3.05) is 13.2 Å². The first kappa shape index (κ1) is 18.9. The summed E-state index contributed by atoms with van der Waals surface area (Å²) in [6, 6.07) is 17.7. The van der Waals surface area contributed by atoms with E-state index in [4.69, 9.17) is 9.47 Å². The predicted octanol–water partition coefficient (Wildman–Crippen LogP) is 5.33. The number of carbonyl (C=O) groups excluding carboxylic acids is 1. The second kappa shape index (κ2) is 9.19. The first-order valence-electron chi connectivity index (χ1n) is 9.01. The summed E-state index contributed by atoms with van der Waals surface area (Å²) < 4.78 is 12.5. The molecule has 0 unspecified atom stereocenters. The number of ether oxygens (including phenoxy) is 2. The summed E-state index contributed by atoms with van der Waals surface area (Å²) in [7, 11) is 0. The molecule has 1 amide bonds. The molecule has 1 heterocycles. The Hall–Kier alpha value is -1.85. The Morgan fingerprint density at radius 3 is 2.58 bits per heavy atom. The highest BCUT2D eigenvalue weighted by Crippen LogP contribution is 2.31. The molecule has 2 aromatic carbocycles. The summed E-state index contributed by atoms with van der Waals surface area (Å²) in [5.74, 6) is 0. The largest absolute Gasteiger partial charge is 0.445 e. The highest BCUT2D eigenvalue weighted by Gasteiger charge is 2.36. The van der Waals surface area contributed by atoms with Crippen molar-refractivity contribution >= 4 is 22.0 Å². The van der Waals surface area contributed by atoms with Crippen molar-refractivity contribution in [1.29, 1.82) is 0 Å². The van der Waals surface area contributed by atoms with Crippen molar-refractivity contribution < 1.29 is 14.3 Å². The molecule has 1 aliphatic heterocycles. The van der Waals surface area contributed by atoms with Crippen LogP contribution in [0.15, 0.2) is 59.1 Å². The molecule has 2 atom stereocenters. The average molecular weight is 418 g/mol. The van der Waals surface area contributed by atoms with Crippen LogP contribution in [0, 0.1) is 0 Å². The first-order valence-corrected chi connectivity index (χ1v) is 9.80. The summed E-state index contributed by atoms with van der Waals surface area (Å²) in [5, 5.41) is 0. The van der Waals surface area contributed by atoms with Gasteiger partial charge in [0, 0.05) is 4.47 Å². The van der Waals surface area contributed by atoms with E-state index in [1.807, 2.05) is 59.5 Å². The second-order valence-electron chi connectivity index (χ2n) is 6.49. The summed E-state index contributed by atoms with van der Waals surface area (Å²) in [4.78, 5) is 14.8. The number of amides is 1. The van der Waals surface area contributed by atoms with E-state index in [1.165, 1.54) is 0 Å². The maximum Gasteiger partial charge on any atom is 0.411 e. The smallest absolute Gasteiger partial charge is 0.411 e. The van der Waals surface area contributed by atoms with E-state index in [9.17, 15) is 4.79 Å². The molecule has 0 radical (unpaired) electrons. The van der Waals surface area contributed by atoms with Crippen LogP contribution in [-0.2, 0) is 16.1 Å². The molecular formula is C21H24BrNO3. The molecule has 1 fully saturated rings. The van der Waals surface area contributed by atoms with Gasteiger partial charge in [0.15, 0.2) is 0 Å². The molecule has 1 saturated heterocycles. The Labute approximate surface area is 163 Å². The fraction of sp³-hybridized carbons (Fsp3) is 0.381. The molecule has 0 aliphatic carbocycles. The number of hydrogen-bond acceptors (Lipinski definition) is 3. The lowest BCUT2D eigenvalue weighted by Crippen LogP contribution is -2.50. The Kier molecular flexibility index (Phi) is 6.69. The van der Waals surface area contributed by atoms with Crippen molar-refractivity contribution in [3.05, 3.63) is 70.2 Å². The van der Waals surface area contributed by atoms with Crippen LogP contribution in [0.1, 0.15) is 36.9 Å². The van der Waals surface area contributed by atoms with Crippen molar-refractivity contribution in [3.8, 4) is 0 Å². The normalized spacial score (nSPS) is 20.0. The lowest BCUT2D eigenvalue weighted by Gasteiger charge is -2.41. The Balaban J connectivity index is 1.78. The molecular weight excluding hydrogens is 394 g/mol. The van der Waals surface area contributed by atoms with Gasteiger partial charge in [-0.3, -0.25) is 4.90 Å². The lowest BCUT2D eigenvalue weighted by atomic mass is 10.0. The zero-order valence-corrected chi connectivity index (χ0v) is 16.5. The molecule has 0 bridgehead atoms. The maximum absolute atomic E-state index is 12.9. The molecule has 0 spiro atoms. The Morgan fingerprint density at radius 1 is 1.15 bits per heavy atom. The van der Waals surface area contributed by atoms with E-state index in [1.54, 1.807) is 0 Å². The van der Waals surface area contributed by atoms with Gasteiger partial charge in [-0.15, -0.1) is 0 Å². The number of benzene rings is 2. The third-order valence-corrected chi connectivity index (χ3v) is 5.14. The van der Waals surface area contributed by atoms with E-state index < -0.39 is 0 Å². The first-order chi connectivity index (χ1) is 12.7. The lowest BCUT2D eigenvalue weighted by molar-refractivity contribution is -0.0493. The van der Waals surface area contributed by atoms with Gasteiger partial charge in [-0.05, 0) is 29.7 Å². The van der Waals surface area contributed by atoms with Crippen molar-refractivity contribution in [2.45, 2.75) is 38.5 Å². The topological polar surface area (TPSA) is 38.8 Å². The number of nitrogens with zero attached hydrogens (tertiary/aromatic N) is 1. The van der Waals surface area contributed by atoms with Crippen LogP contribution in [0.5, 0.6) is 0 Å². The van der Waals surface area contributed by atoms with Gasteiger partial charge in [-0.25, -0.2) is 4.79 Å². The molecule has 0 N–H and O–H groups in total. The number of morpholine rings is 1. The Bertz CT molecular complexity index is 703. The van der Waals surface area contributed by atoms with Crippen molar-refractivity contribution in [1.82, 2.24) is 4.90 Å².